The van der Waals surface area contributed by atoms with E-state index in [9.17, 15) is 4.79 Å². The van der Waals surface area contributed by atoms with Gasteiger partial charge in [0.15, 0.2) is 17.2 Å². The maximum Gasteiger partial charge on any atom is 0.251 e. The smallest absolute Gasteiger partial charge is 0.251 e. The van der Waals surface area contributed by atoms with Gasteiger partial charge in [-0.15, -0.1) is 0 Å². The van der Waals surface area contributed by atoms with Gasteiger partial charge < -0.3 is 25.2 Å². The second-order valence-corrected chi connectivity index (χ2v) is 8.90. The second kappa shape index (κ2) is 10.4. The van der Waals surface area contributed by atoms with Crippen LogP contribution in [-0.2, 0) is 5.60 Å². The van der Waals surface area contributed by atoms with E-state index in [0.29, 0.717) is 12.1 Å². The molecule has 3 aromatic rings. The minimum absolute atomic E-state index is 0.0265. The number of aliphatic hydroxyl groups is 1. The number of likely N-dealkylation sites (N-methyl/N-ethyl adjacent to an activating group) is 1. The lowest BCUT2D eigenvalue weighted by molar-refractivity contribution is 0.0719. The van der Waals surface area contributed by atoms with Crippen LogP contribution in [0.2, 0.25) is 5.02 Å². The summed E-state index contributed by atoms with van der Waals surface area (Å²) in [5.74, 6) is -2.69. The van der Waals surface area contributed by atoms with Crippen molar-refractivity contribution in [2.24, 2.45) is 0 Å². The van der Waals surface area contributed by atoms with Gasteiger partial charge in [0.05, 0.1) is 17.2 Å². The summed E-state index contributed by atoms with van der Waals surface area (Å²) in [7, 11) is 3.19. The average Bonchev–Trinajstić information content (AvgIpc) is 3.16. The minimum atomic E-state index is -0.946. The molecule has 190 valence electrons. The number of hydrogen-bond donors (Lipinski definition) is 3. The van der Waals surface area contributed by atoms with Gasteiger partial charge in [-0.2, -0.15) is 0 Å². The summed E-state index contributed by atoms with van der Waals surface area (Å²) in [5.41, 5.74) is 0.159. The molecule has 3 N–H and O–H groups in total. The van der Waals surface area contributed by atoms with Crippen molar-refractivity contribution >= 4 is 17.5 Å². The number of halogens is 3. The van der Waals surface area contributed by atoms with Gasteiger partial charge in [0, 0.05) is 42.3 Å². The van der Waals surface area contributed by atoms with Crippen molar-refractivity contribution in [3.05, 3.63) is 81.9 Å². The molecule has 3 aromatic carbocycles. The van der Waals surface area contributed by atoms with E-state index in [-0.39, 0.29) is 46.4 Å². The first-order chi connectivity index (χ1) is 17.3. The molecule has 0 aliphatic carbocycles. The molecule has 2 unspecified atom stereocenters. The fourth-order valence-electron chi connectivity index (χ4n) is 4.87. The zero-order chi connectivity index (χ0) is 26.0. The molecule has 9 heteroatoms. The number of hydrogen-bond acceptors (Lipinski definition) is 5. The Balaban J connectivity index is 2.03. The zero-order valence-corrected chi connectivity index (χ0v) is 20.9. The SMILES string of the molecule is CNCC1(c2ccccc2)Oc2cc(F)c(Cl)c(-c3c(C(=O)NC)ccc(OCCO)c3F)c2C1C. The van der Waals surface area contributed by atoms with E-state index < -0.39 is 29.1 Å². The van der Waals surface area contributed by atoms with Gasteiger partial charge in [-0.25, -0.2) is 8.78 Å². The van der Waals surface area contributed by atoms with Gasteiger partial charge in [0.25, 0.3) is 5.91 Å². The van der Waals surface area contributed by atoms with Crippen LogP contribution in [0.1, 0.15) is 34.3 Å². The van der Waals surface area contributed by atoms with Crippen molar-refractivity contribution in [2.45, 2.75) is 18.4 Å². The Morgan fingerprint density at radius 2 is 1.89 bits per heavy atom. The van der Waals surface area contributed by atoms with Crippen LogP contribution in [0.15, 0.2) is 48.5 Å². The maximum atomic E-state index is 16.0. The van der Waals surface area contributed by atoms with Crippen molar-refractivity contribution in [1.29, 1.82) is 0 Å². The average molecular weight is 517 g/mol. The summed E-state index contributed by atoms with van der Waals surface area (Å²) in [4.78, 5) is 12.8. The molecule has 1 amide bonds. The molecule has 0 spiro atoms. The van der Waals surface area contributed by atoms with Crippen molar-refractivity contribution in [3.8, 4) is 22.6 Å². The summed E-state index contributed by atoms with van der Waals surface area (Å²) in [6.07, 6.45) is 0. The van der Waals surface area contributed by atoms with Crippen LogP contribution in [0, 0.1) is 11.6 Å². The predicted octanol–water partition coefficient (Wildman–Crippen LogP) is 4.63. The van der Waals surface area contributed by atoms with Crippen molar-refractivity contribution in [3.63, 3.8) is 0 Å². The van der Waals surface area contributed by atoms with E-state index >= 15 is 8.78 Å². The van der Waals surface area contributed by atoms with E-state index in [1.807, 2.05) is 37.3 Å². The van der Waals surface area contributed by atoms with Crippen LogP contribution < -0.4 is 20.1 Å². The Morgan fingerprint density at radius 1 is 1.17 bits per heavy atom. The van der Waals surface area contributed by atoms with Gasteiger partial charge in [0.2, 0.25) is 0 Å². The number of amides is 1. The van der Waals surface area contributed by atoms with Gasteiger partial charge in [-0.3, -0.25) is 4.79 Å². The molecular weight excluding hydrogens is 490 g/mol. The van der Waals surface area contributed by atoms with E-state index in [4.69, 9.17) is 26.2 Å². The summed E-state index contributed by atoms with van der Waals surface area (Å²) in [6, 6.07) is 13.3. The molecule has 1 heterocycles. The van der Waals surface area contributed by atoms with Crippen molar-refractivity contribution < 1.29 is 28.2 Å². The molecule has 36 heavy (non-hydrogen) atoms. The number of nitrogens with one attached hydrogen (secondary N) is 2. The van der Waals surface area contributed by atoms with Crippen LogP contribution in [-0.4, -0.2) is 44.9 Å². The summed E-state index contributed by atoms with van der Waals surface area (Å²) >= 11 is 6.52. The third-order valence-corrected chi connectivity index (χ3v) is 6.89. The number of fused-ring (bicyclic) bond motifs is 1. The molecule has 2 atom stereocenters. The third-order valence-electron chi connectivity index (χ3n) is 6.53. The first-order valence-electron chi connectivity index (χ1n) is 11.5. The van der Waals surface area contributed by atoms with Crippen LogP contribution in [0.4, 0.5) is 8.78 Å². The quantitative estimate of drug-likeness (QED) is 0.407. The molecular formula is C27H27ClF2N2O4. The van der Waals surface area contributed by atoms with E-state index in [1.165, 1.54) is 25.2 Å². The molecule has 1 aliphatic heterocycles. The third kappa shape index (κ3) is 4.19. The number of carbonyl (C=O) groups excluding carboxylic acids is 1. The van der Waals surface area contributed by atoms with E-state index in [2.05, 4.69) is 10.6 Å². The monoisotopic (exact) mass is 516 g/mol. The minimum Gasteiger partial charge on any atom is -0.488 e. The van der Waals surface area contributed by atoms with Gasteiger partial charge >= 0.3 is 0 Å². The summed E-state index contributed by atoms with van der Waals surface area (Å²) in [5, 5.41) is 14.5. The maximum absolute atomic E-state index is 16.0. The number of carbonyl (C=O) groups is 1. The molecule has 0 saturated carbocycles. The van der Waals surface area contributed by atoms with E-state index in [1.54, 1.807) is 7.05 Å². The molecule has 4 rings (SSSR count). The molecule has 0 bridgehead atoms. The number of ether oxygens (including phenoxy) is 2. The second-order valence-electron chi connectivity index (χ2n) is 8.52. The molecule has 0 saturated heterocycles. The van der Waals surface area contributed by atoms with Gasteiger partial charge in [-0.1, -0.05) is 48.9 Å². The topological polar surface area (TPSA) is 79.8 Å². The predicted molar refractivity (Wildman–Crippen MR) is 134 cm³/mol. The highest BCUT2D eigenvalue weighted by Crippen LogP contribution is 2.56. The Kier molecular flexibility index (Phi) is 7.49. The van der Waals surface area contributed by atoms with Crippen LogP contribution in [0.25, 0.3) is 11.1 Å². The lowest BCUT2D eigenvalue weighted by Crippen LogP contribution is -2.43. The number of rotatable bonds is 8. The van der Waals surface area contributed by atoms with Crippen molar-refractivity contribution in [1.82, 2.24) is 10.6 Å². The van der Waals surface area contributed by atoms with Crippen molar-refractivity contribution in [2.75, 3.05) is 33.9 Å². The Hall–Kier alpha value is -3.20. The first kappa shape index (κ1) is 25.9. The lowest BCUT2D eigenvalue weighted by atomic mass is 9.77. The Bertz CT molecular complexity index is 1290. The lowest BCUT2D eigenvalue weighted by Gasteiger charge is -2.33. The van der Waals surface area contributed by atoms with E-state index in [0.717, 1.165) is 5.56 Å². The van der Waals surface area contributed by atoms with Crippen LogP contribution in [0.5, 0.6) is 11.5 Å². The van der Waals surface area contributed by atoms with Crippen LogP contribution in [0.3, 0.4) is 0 Å². The summed E-state index contributed by atoms with van der Waals surface area (Å²) in [6.45, 7) is 1.77. The molecule has 1 aliphatic rings. The fourth-order valence-corrected chi connectivity index (χ4v) is 5.12. The fraction of sp³-hybridized carbons (Fsp3) is 0.296. The van der Waals surface area contributed by atoms with Gasteiger partial charge in [0.1, 0.15) is 18.2 Å². The Labute approximate surface area is 213 Å². The highest BCUT2D eigenvalue weighted by Gasteiger charge is 2.49. The first-order valence-corrected chi connectivity index (χ1v) is 11.9. The zero-order valence-electron chi connectivity index (χ0n) is 20.1. The van der Waals surface area contributed by atoms with Gasteiger partial charge in [-0.05, 0) is 24.7 Å². The highest BCUT2D eigenvalue weighted by atomic mass is 35.5. The molecule has 0 fully saturated rings. The van der Waals surface area contributed by atoms with Crippen LogP contribution >= 0.6 is 11.6 Å². The largest absolute Gasteiger partial charge is 0.488 e. The standard InChI is InChI=1S/C27H27ClF2N2O4/c1-15-21-20(36-27(15,14-31-2)16-7-5-4-6-8-16)13-18(29)24(28)23(21)22-17(26(34)32-3)9-10-19(25(22)30)35-12-11-33/h4-10,13,15,31,33H,11-12,14H2,1-3H3,(H,32,34). The molecule has 6 nitrogen and oxygen atoms in total. The number of benzene rings is 3. The summed E-state index contributed by atoms with van der Waals surface area (Å²) < 4.78 is 43.0. The molecule has 0 radical (unpaired) electrons. The Morgan fingerprint density at radius 3 is 2.53 bits per heavy atom. The number of aliphatic hydroxyl groups excluding tert-OH is 1. The normalized spacial score (nSPS) is 18.5. The highest BCUT2D eigenvalue weighted by molar-refractivity contribution is 6.34. The molecule has 0 aromatic heterocycles.